The molecule has 152 valence electrons. The fourth-order valence-corrected chi connectivity index (χ4v) is 3.90. The highest BCUT2D eigenvalue weighted by atomic mass is 32.2. The Bertz CT molecular complexity index is 1340. The molecule has 0 saturated heterocycles. The first-order valence-electron chi connectivity index (χ1n) is 9.16. The lowest BCUT2D eigenvalue weighted by Crippen LogP contribution is -2.22. The number of nitrogens with zero attached hydrogens (tertiary/aromatic N) is 4. The van der Waals surface area contributed by atoms with Crippen LogP contribution in [0.2, 0.25) is 0 Å². The van der Waals surface area contributed by atoms with Crippen LogP contribution >= 0.6 is 11.8 Å². The minimum Gasteiger partial charge on any atom is -0.323 e. The number of rotatable bonds is 6. The van der Waals surface area contributed by atoms with E-state index in [1.807, 2.05) is 6.07 Å². The molecule has 2 heterocycles. The lowest BCUT2D eigenvalue weighted by Gasteiger charge is -2.10. The topological polar surface area (TPSA) is 81.3 Å². The maximum absolute atomic E-state index is 14.0. The number of fused-ring (bicyclic) bond motifs is 3. The fraction of sp³-hybridized carbons (Fsp3) is 0.143. The van der Waals surface area contributed by atoms with Gasteiger partial charge in [-0.2, -0.15) is 0 Å². The van der Waals surface area contributed by atoms with Crippen LogP contribution in [0.25, 0.3) is 16.7 Å². The second-order valence-corrected chi connectivity index (χ2v) is 7.60. The van der Waals surface area contributed by atoms with Crippen molar-refractivity contribution >= 4 is 40.0 Å². The first-order valence-corrected chi connectivity index (χ1v) is 10.1. The summed E-state index contributed by atoms with van der Waals surface area (Å²) in [5.74, 6) is -0.488. The summed E-state index contributed by atoms with van der Waals surface area (Å²) in [6, 6.07) is 11.8. The highest BCUT2D eigenvalue weighted by molar-refractivity contribution is 7.99. The number of para-hydroxylation sites is 1. The number of carbonyl (C=O) groups is 1. The molecule has 2 aromatic heterocycles. The van der Waals surface area contributed by atoms with Crippen molar-refractivity contribution in [3.8, 4) is 0 Å². The fourth-order valence-electron chi connectivity index (χ4n) is 3.16. The Morgan fingerprint density at radius 3 is 2.83 bits per heavy atom. The van der Waals surface area contributed by atoms with Crippen molar-refractivity contribution in [1.29, 1.82) is 0 Å². The highest BCUT2D eigenvalue weighted by Gasteiger charge is 2.17. The Morgan fingerprint density at radius 2 is 2.07 bits per heavy atom. The van der Waals surface area contributed by atoms with E-state index in [0.29, 0.717) is 21.8 Å². The average molecular weight is 423 g/mol. The minimum absolute atomic E-state index is 0.00300. The van der Waals surface area contributed by atoms with Gasteiger partial charge in [0.1, 0.15) is 5.82 Å². The second kappa shape index (κ2) is 8.11. The van der Waals surface area contributed by atoms with E-state index in [1.165, 1.54) is 16.7 Å². The van der Waals surface area contributed by atoms with Gasteiger partial charge < -0.3 is 5.32 Å². The maximum Gasteiger partial charge on any atom is 0.263 e. The Kier molecular flexibility index (Phi) is 5.37. The van der Waals surface area contributed by atoms with Gasteiger partial charge in [-0.3, -0.25) is 18.6 Å². The predicted molar refractivity (Wildman–Crippen MR) is 115 cm³/mol. The van der Waals surface area contributed by atoms with E-state index in [0.717, 1.165) is 17.3 Å². The summed E-state index contributed by atoms with van der Waals surface area (Å²) >= 11 is 1.15. The minimum atomic E-state index is -0.485. The van der Waals surface area contributed by atoms with Crippen LogP contribution in [0, 0.1) is 12.7 Å². The molecule has 4 aromatic rings. The zero-order valence-electron chi connectivity index (χ0n) is 16.1. The molecule has 0 bridgehead atoms. The molecule has 4 rings (SSSR count). The molecular weight excluding hydrogens is 405 g/mol. The molecule has 0 aliphatic heterocycles. The summed E-state index contributed by atoms with van der Waals surface area (Å²) in [5, 5.41) is 11.9. The quantitative estimate of drug-likeness (QED) is 0.380. The number of hydrogen-bond acceptors (Lipinski definition) is 5. The number of nitrogens with one attached hydrogen (secondary N) is 1. The van der Waals surface area contributed by atoms with Crippen LogP contribution in [-0.2, 0) is 11.3 Å². The van der Waals surface area contributed by atoms with Crippen molar-refractivity contribution in [3.05, 3.63) is 76.9 Å². The third-order valence-corrected chi connectivity index (χ3v) is 5.45. The zero-order valence-corrected chi connectivity index (χ0v) is 16.9. The normalized spacial score (nSPS) is 11.1. The lowest BCUT2D eigenvalue weighted by molar-refractivity contribution is -0.113. The third kappa shape index (κ3) is 3.59. The molecule has 2 aromatic carbocycles. The number of benzene rings is 2. The molecule has 0 fully saturated rings. The Balaban J connectivity index is 1.66. The predicted octanol–water partition coefficient (Wildman–Crippen LogP) is 3.41. The van der Waals surface area contributed by atoms with Crippen molar-refractivity contribution < 1.29 is 9.18 Å². The summed E-state index contributed by atoms with van der Waals surface area (Å²) in [7, 11) is 0. The number of aryl methyl sites for hydroxylation is 1. The standard InChI is InChI=1S/C21H18FN5O2S/c1-3-10-26-19(29)14-6-4-5-7-17(14)27-20(26)24-25-21(27)30-12-18(28)23-16-9-8-13(2)11-15(16)22/h3-9,11H,1,10,12H2,2H3,(H,23,28). The Labute approximate surface area is 175 Å². The summed E-state index contributed by atoms with van der Waals surface area (Å²) < 4.78 is 17.2. The largest absolute Gasteiger partial charge is 0.323 e. The number of carbonyl (C=O) groups excluding carboxylic acids is 1. The number of hydrogen-bond donors (Lipinski definition) is 1. The molecule has 0 saturated carbocycles. The van der Waals surface area contributed by atoms with Crippen molar-refractivity contribution in [2.75, 3.05) is 11.1 Å². The number of anilines is 1. The van der Waals surface area contributed by atoms with Crippen molar-refractivity contribution in [3.63, 3.8) is 0 Å². The van der Waals surface area contributed by atoms with Gasteiger partial charge in [0.25, 0.3) is 5.56 Å². The van der Waals surface area contributed by atoms with Gasteiger partial charge in [0.05, 0.1) is 22.3 Å². The van der Waals surface area contributed by atoms with Crippen molar-refractivity contribution in [1.82, 2.24) is 19.2 Å². The van der Waals surface area contributed by atoms with Gasteiger partial charge in [-0.05, 0) is 36.8 Å². The molecule has 7 nitrogen and oxygen atoms in total. The smallest absolute Gasteiger partial charge is 0.263 e. The van der Waals surface area contributed by atoms with Gasteiger partial charge >= 0.3 is 0 Å². The summed E-state index contributed by atoms with van der Waals surface area (Å²) in [4.78, 5) is 25.1. The molecule has 0 unspecified atom stereocenters. The van der Waals surface area contributed by atoms with Crippen LogP contribution in [0.5, 0.6) is 0 Å². The Hall–Kier alpha value is -3.46. The van der Waals surface area contributed by atoms with Crippen LogP contribution in [0.4, 0.5) is 10.1 Å². The SMILES string of the molecule is C=CCn1c(=O)c2ccccc2n2c(SCC(=O)Nc3ccc(C)cc3F)nnc12. The monoisotopic (exact) mass is 423 g/mol. The average Bonchev–Trinajstić information content (AvgIpc) is 3.16. The van der Waals surface area contributed by atoms with Gasteiger partial charge in [0, 0.05) is 6.54 Å². The second-order valence-electron chi connectivity index (χ2n) is 6.66. The van der Waals surface area contributed by atoms with E-state index in [1.54, 1.807) is 41.7 Å². The van der Waals surface area contributed by atoms with Crippen LogP contribution < -0.4 is 10.9 Å². The van der Waals surface area contributed by atoms with Gasteiger partial charge in [-0.25, -0.2) is 4.39 Å². The number of allylic oxidation sites excluding steroid dienone is 1. The van der Waals surface area contributed by atoms with Crippen molar-refractivity contribution in [2.45, 2.75) is 18.6 Å². The molecule has 1 N–H and O–H groups in total. The van der Waals surface area contributed by atoms with Crippen LogP contribution in [0.3, 0.4) is 0 Å². The molecule has 0 radical (unpaired) electrons. The van der Waals surface area contributed by atoms with E-state index >= 15 is 0 Å². The summed E-state index contributed by atoms with van der Waals surface area (Å²) in [6.45, 7) is 5.75. The molecule has 0 atom stereocenters. The molecular formula is C21H18FN5O2S. The first-order chi connectivity index (χ1) is 14.5. The molecule has 30 heavy (non-hydrogen) atoms. The van der Waals surface area contributed by atoms with E-state index < -0.39 is 5.82 Å². The molecule has 0 spiro atoms. The third-order valence-electron chi connectivity index (χ3n) is 4.52. The van der Waals surface area contributed by atoms with Crippen LogP contribution in [0.15, 0.2) is 65.1 Å². The van der Waals surface area contributed by atoms with Crippen molar-refractivity contribution in [2.24, 2.45) is 0 Å². The zero-order chi connectivity index (χ0) is 21.3. The van der Waals surface area contributed by atoms with Gasteiger partial charge in [-0.15, -0.1) is 16.8 Å². The number of aromatic nitrogens is 4. The summed E-state index contributed by atoms with van der Waals surface area (Å²) in [5.41, 5.74) is 1.36. The molecule has 0 aliphatic carbocycles. The number of thioether (sulfide) groups is 1. The molecule has 0 aliphatic rings. The number of amides is 1. The number of halogens is 1. The van der Waals surface area contributed by atoms with E-state index in [-0.39, 0.29) is 29.5 Å². The van der Waals surface area contributed by atoms with E-state index in [9.17, 15) is 14.0 Å². The molecule has 9 heteroatoms. The maximum atomic E-state index is 14.0. The van der Waals surface area contributed by atoms with Gasteiger partial charge in [0.2, 0.25) is 11.7 Å². The Morgan fingerprint density at radius 1 is 1.27 bits per heavy atom. The first kappa shape index (κ1) is 19.8. The van der Waals surface area contributed by atoms with Crippen LogP contribution in [-0.4, -0.2) is 30.8 Å². The van der Waals surface area contributed by atoms with Gasteiger partial charge in [-0.1, -0.05) is 36.0 Å². The van der Waals surface area contributed by atoms with E-state index in [4.69, 9.17) is 0 Å². The van der Waals surface area contributed by atoms with Crippen LogP contribution in [0.1, 0.15) is 5.56 Å². The van der Waals surface area contributed by atoms with E-state index in [2.05, 4.69) is 22.1 Å². The molecule has 1 amide bonds. The highest BCUT2D eigenvalue weighted by Crippen LogP contribution is 2.22. The van der Waals surface area contributed by atoms with Gasteiger partial charge in [0.15, 0.2) is 5.16 Å². The summed E-state index contributed by atoms with van der Waals surface area (Å²) in [6.07, 6.45) is 1.61. The lowest BCUT2D eigenvalue weighted by atomic mass is 10.2.